The molecule has 0 spiro atoms. The quantitative estimate of drug-likeness (QED) is 0.800. The standard InChI is InChI=1S/C20H23N3O4S/c1-2-23(16-7-4-3-5-8-16)28(26,27)17-12-10-15(11-13-17)20(25)22-14-6-9-18(22)19(21)24/h3-5,7-8,10-13,18H,2,6,9,14H2,1H3,(H2,21,24). The van der Waals surface area contributed by atoms with Crippen molar-refractivity contribution in [2.75, 3.05) is 17.4 Å². The molecule has 2 N–H and O–H groups in total. The first-order valence-corrected chi connectivity index (χ1v) is 10.6. The molecule has 1 atom stereocenters. The molecule has 0 bridgehead atoms. The number of sulfonamides is 1. The van der Waals surface area contributed by atoms with Crippen molar-refractivity contribution in [1.82, 2.24) is 4.90 Å². The van der Waals surface area contributed by atoms with Gasteiger partial charge in [-0.25, -0.2) is 8.42 Å². The molecule has 148 valence electrons. The van der Waals surface area contributed by atoms with E-state index in [1.165, 1.54) is 33.5 Å². The number of carbonyl (C=O) groups is 2. The first kappa shape index (κ1) is 19.9. The number of nitrogens with zero attached hydrogens (tertiary/aromatic N) is 2. The van der Waals surface area contributed by atoms with E-state index in [1.54, 1.807) is 31.2 Å². The van der Waals surface area contributed by atoms with Crippen LogP contribution in [0.1, 0.15) is 30.1 Å². The van der Waals surface area contributed by atoms with Gasteiger partial charge in [0.2, 0.25) is 5.91 Å². The lowest BCUT2D eigenvalue weighted by Crippen LogP contribution is -2.43. The predicted molar refractivity (Wildman–Crippen MR) is 106 cm³/mol. The summed E-state index contributed by atoms with van der Waals surface area (Å²) in [5.41, 5.74) is 6.28. The van der Waals surface area contributed by atoms with Crippen LogP contribution in [0.15, 0.2) is 59.5 Å². The third kappa shape index (κ3) is 3.73. The summed E-state index contributed by atoms with van der Waals surface area (Å²) in [5.74, 6) is -0.841. The Kier molecular flexibility index (Phi) is 5.69. The highest BCUT2D eigenvalue weighted by atomic mass is 32.2. The fraction of sp³-hybridized carbons (Fsp3) is 0.300. The van der Waals surface area contributed by atoms with Crippen LogP contribution in [0.4, 0.5) is 5.69 Å². The number of nitrogens with two attached hydrogens (primary N) is 1. The van der Waals surface area contributed by atoms with Crippen LogP contribution in [0.2, 0.25) is 0 Å². The van der Waals surface area contributed by atoms with Gasteiger partial charge in [-0.3, -0.25) is 13.9 Å². The van der Waals surface area contributed by atoms with E-state index in [0.717, 1.165) is 0 Å². The van der Waals surface area contributed by atoms with E-state index in [4.69, 9.17) is 5.73 Å². The lowest BCUT2D eigenvalue weighted by molar-refractivity contribution is -0.121. The summed E-state index contributed by atoms with van der Waals surface area (Å²) < 4.78 is 27.3. The molecule has 2 aromatic rings. The molecule has 1 unspecified atom stereocenters. The third-order valence-corrected chi connectivity index (χ3v) is 6.78. The minimum absolute atomic E-state index is 0.0997. The molecule has 28 heavy (non-hydrogen) atoms. The number of benzene rings is 2. The molecular weight excluding hydrogens is 378 g/mol. The van der Waals surface area contributed by atoms with Crippen molar-refractivity contribution in [2.24, 2.45) is 5.73 Å². The van der Waals surface area contributed by atoms with Crippen molar-refractivity contribution in [2.45, 2.75) is 30.7 Å². The Labute approximate surface area is 164 Å². The summed E-state index contributed by atoms with van der Waals surface area (Å²) in [7, 11) is -3.76. The number of amides is 2. The summed E-state index contributed by atoms with van der Waals surface area (Å²) in [5, 5.41) is 0. The highest BCUT2D eigenvalue weighted by Crippen LogP contribution is 2.25. The number of primary amides is 1. The van der Waals surface area contributed by atoms with Crippen LogP contribution in [0.5, 0.6) is 0 Å². The van der Waals surface area contributed by atoms with E-state index in [2.05, 4.69) is 0 Å². The van der Waals surface area contributed by atoms with Gasteiger partial charge in [-0.1, -0.05) is 18.2 Å². The van der Waals surface area contributed by atoms with Crippen LogP contribution in [0.25, 0.3) is 0 Å². The molecule has 0 radical (unpaired) electrons. The zero-order chi connectivity index (χ0) is 20.3. The van der Waals surface area contributed by atoms with Crippen LogP contribution in [0, 0.1) is 0 Å². The van der Waals surface area contributed by atoms with Crippen LogP contribution in [0.3, 0.4) is 0 Å². The molecule has 1 saturated heterocycles. The Morgan fingerprint density at radius 2 is 1.75 bits per heavy atom. The molecule has 7 nitrogen and oxygen atoms in total. The Balaban J connectivity index is 1.85. The number of anilines is 1. The zero-order valence-corrected chi connectivity index (χ0v) is 16.4. The van der Waals surface area contributed by atoms with Crippen molar-refractivity contribution in [3.8, 4) is 0 Å². The van der Waals surface area contributed by atoms with Crippen LogP contribution < -0.4 is 10.0 Å². The Morgan fingerprint density at radius 3 is 2.32 bits per heavy atom. The second kappa shape index (κ2) is 8.02. The normalized spacial score (nSPS) is 16.8. The third-order valence-electron chi connectivity index (χ3n) is 4.86. The summed E-state index contributed by atoms with van der Waals surface area (Å²) in [6.45, 7) is 2.50. The maximum absolute atomic E-state index is 13.0. The number of rotatable bonds is 6. The first-order chi connectivity index (χ1) is 13.4. The summed E-state index contributed by atoms with van der Waals surface area (Å²) >= 11 is 0. The average Bonchev–Trinajstić information content (AvgIpc) is 3.19. The smallest absolute Gasteiger partial charge is 0.264 e. The van der Waals surface area contributed by atoms with Gasteiger partial charge in [-0.05, 0) is 56.2 Å². The maximum Gasteiger partial charge on any atom is 0.264 e. The van der Waals surface area contributed by atoms with E-state index in [1.807, 2.05) is 6.07 Å². The minimum Gasteiger partial charge on any atom is -0.368 e. The highest BCUT2D eigenvalue weighted by Gasteiger charge is 2.33. The van der Waals surface area contributed by atoms with E-state index >= 15 is 0 Å². The predicted octanol–water partition coefficient (Wildman–Crippen LogP) is 1.99. The molecule has 8 heteroatoms. The zero-order valence-electron chi connectivity index (χ0n) is 15.6. The molecule has 0 aliphatic carbocycles. The summed E-state index contributed by atoms with van der Waals surface area (Å²) in [6.07, 6.45) is 1.27. The van der Waals surface area contributed by atoms with E-state index in [-0.39, 0.29) is 17.3 Å². The van der Waals surface area contributed by atoms with Crippen LogP contribution >= 0.6 is 0 Å². The molecule has 3 rings (SSSR count). The van der Waals surface area contributed by atoms with E-state index < -0.39 is 22.0 Å². The Bertz CT molecular complexity index is 959. The topological polar surface area (TPSA) is 101 Å². The van der Waals surface area contributed by atoms with Gasteiger partial charge < -0.3 is 10.6 Å². The number of hydrogen-bond acceptors (Lipinski definition) is 4. The average molecular weight is 401 g/mol. The Hall–Kier alpha value is -2.87. The van der Waals surface area contributed by atoms with Crippen LogP contribution in [-0.2, 0) is 14.8 Å². The van der Waals surface area contributed by atoms with E-state index in [0.29, 0.717) is 30.6 Å². The first-order valence-electron chi connectivity index (χ1n) is 9.14. The summed E-state index contributed by atoms with van der Waals surface area (Å²) in [4.78, 5) is 25.8. The van der Waals surface area contributed by atoms with Gasteiger partial charge >= 0.3 is 0 Å². The van der Waals surface area contributed by atoms with Crippen molar-refractivity contribution < 1.29 is 18.0 Å². The van der Waals surface area contributed by atoms with Gasteiger partial charge in [-0.2, -0.15) is 0 Å². The molecule has 2 aromatic carbocycles. The molecule has 1 fully saturated rings. The van der Waals surface area contributed by atoms with Gasteiger partial charge in [0.05, 0.1) is 10.6 Å². The maximum atomic E-state index is 13.0. The number of likely N-dealkylation sites (tertiary alicyclic amines) is 1. The van der Waals surface area contributed by atoms with Gasteiger partial charge in [0.25, 0.3) is 15.9 Å². The molecule has 1 aliphatic rings. The fourth-order valence-electron chi connectivity index (χ4n) is 3.45. The van der Waals surface area contributed by atoms with Gasteiger partial charge in [0.15, 0.2) is 0 Å². The second-order valence-corrected chi connectivity index (χ2v) is 8.45. The SMILES string of the molecule is CCN(c1ccccc1)S(=O)(=O)c1ccc(C(=O)N2CCCC2C(N)=O)cc1. The van der Waals surface area contributed by atoms with Gasteiger partial charge in [0, 0.05) is 18.7 Å². The lowest BCUT2D eigenvalue weighted by Gasteiger charge is -2.24. The van der Waals surface area contributed by atoms with Crippen molar-refractivity contribution in [3.05, 3.63) is 60.2 Å². The molecule has 0 saturated carbocycles. The molecule has 1 heterocycles. The monoisotopic (exact) mass is 401 g/mol. The van der Waals surface area contributed by atoms with Crippen molar-refractivity contribution >= 4 is 27.5 Å². The minimum atomic E-state index is -3.76. The van der Waals surface area contributed by atoms with Crippen molar-refractivity contribution in [1.29, 1.82) is 0 Å². The molecule has 0 aromatic heterocycles. The molecule has 1 aliphatic heterocycles. The van der Waals surface area contributed by atoms with Crippen LogP contribution in [-0.4, -0.2) is 44.3 Å². The van der Waals surface area contributed by atoms with E-state index in [9.17, 15) is 18.0 Å². The highest BCUT2D eigenvalue weighted by molar-refractivity contribution is 7.92. The second-order valence-electron chi connectivity index (χ2n) is 6.59. The molecule has 2 amide bonds. The number of para-hydroxylation sites is 1. The van der Waals surface area contributed by atoms with Crippen molar-refractivity contribution in [3.63, 3.8) is 0 Å². The number of hydrogen-bond donors (Lipinski definition) is 1. The number of carbonyl (C=O) groups excluding carboxylic acids is 2. The Morgan fingerprint density at radius 1 is 1.11 bits per heavy atom. The summed E-state index contributed by atoms with van der Waals surface area (Å²) in [6, 6.07) is 14.0. The molecular formula is C20H23N3O4S. The fourth-order valence-corrected chi connectivity index (χ4v) is 4.93. The van der Waals surface area contributed by atoms with Gasteiger partial charge in [0.1, 0.15) is 6.04 Å². The van der Waals surface area contributed by atoms with Gasteiger partial charge in [-0.15, -0.1) is 0 Å². The largest absolute Gasteiger partial charge is 0.368 e. The lowest BCUT2D eigenvalue weighted by atomic mass is 10.1.